The summed E-state index contributed by atoms with van der Waals surface area (Å²) in [6.07, 6.45) is -0.528. The molecule has 0 saturated heterocycles. The standard InChI is InChI=1S/C11H19N5O2/c1-4-18-11(17)13-10-6-5-9(14-15-10)12-7-8-16(2)3/h5-6H,4,7-8H2,1-3H3,(H,12,14)(H,13,15,17). The number of aromatic nitrogens is 2. The van der Waals surface area contributed by atoms with Crippen molar-refractivity contribution in [1.29, 1.82) is 0 Å². The molecule has 1 aromatic rings. The maximum absolute atomic E-state index is 11.1. The summed E-state index contributed by atoms with van der Waals surface area (Å²) < 4.78 is 4.73. The minimum Gasteiger partial charge on any atom is -0.450 e. The lowest BCUT2D eigenvalue weighted by atomic mass is 10.4. The van der Waals surface area contributed by atoms with E-state index in [2.05, 4.69) is 25.7 Å². The molecule has 1 amide bonds. The van der Waals surface area contributed by atoms with E-state index in [4.69, 9.17) is 4.74 Å². The SMILES string of the molecule is CCOC(=O)Nc1ccc(NCCN(C)C)nn1. The van der Waals surface area contributed by atoms with Crippen molar-refractivity contribution >= 4 is 17.7 Å². The molecule has 0 radical (unpaired) electrons. The number of amides is 1. The van der Waals surface area contributed by atoms with Crippen LogP contribution >= 0.6 is 0 Å². The first-order valence-corrected chi connectivity index (χ1v) is 5.78. The van der Waals surface area contributed by atoms with Gasteiger partial charge < -0.3 is 15.0 Å². The number of hydrogen-bond acceptors (Lipinski definition) is 6. The number of anilines is 2. The van der Waals surface area contributed by atoms with Gasteiger partial charge in [-0.2, -0.15) is 0 Å². The molecule has 7 heteroatoms. The Morgan fingerprint density at radius 2 is 2.00 bits per heavy atom. The fourth-order valence-corrected chi connectivity index (χ4v) is 1.17. The second-order valence-corrected chi connectivity index (χ2v) is 3.88. The molecule has 0 aliphatic heterocycles. The van der Waals surface area contributed by atoms with Crippen molar-refractivity contribution in [2.24, 2.45) is 0 Å². The molecule has 7 nitrogen and oxygen atoms in total. The van der Waals surface area contributed by atoms with E-state index in [1.165, 1.54) is 0 Å². The molecule has 0 fully saturated rings. The van der Waals surface area contributed by atoms with Gasteiger partial charge in [-0.05, 0) is 33.2 Å². The largest absolute Gasteiger partial charge is 0.450 e. The topological polar surface area (TPSA) is 79.4 Å². The summed E-state index contributed by atoms with van der Waals surface area (Å²) >= 11 is 0. The fourth-order valence-electron chi connectivity index (χ4n) is 1.17. The Morgan fingerprint density at radius 1 is 1.33 bits per heavy atom. The van der Waals surface area contributed by atoms with E-state index in [9.17, 15) is 4.79 Å². The summed E-state index contributed by atoms with van der Waals surface area (Å²) in [5.41, 5.74) is 0. The highest BCUT2D eigenvalue weighted by Gasteiger charge is 2.03. The zero-order valence-electron chi connectivity index (χ0n) is 10.9. The van der Waals surface area contributed by atoms with Gasteiger partial charge in [0.25, 0.3) is 0 Å². The molecule has 0 aliphatic rings. The van der Waals surface area contributed by atoms with Crippen LogP contribution in [0, 0.1) is 0 Å². The smallest absolute Gasteiger partial charge is 0.412 e. The molecule has 1 rings (SSSR count). The third kappa shape index (κ3) is 5.44. The lowest BCUT2D eigenvalue weighted by Crippen LogP contribution is -2.21. The van der Waals surface area contributed by atoms with E-state index >= 15 is 0 Å². The molecule has 0 atom stereocenters. The van der Waals surface area contributed by atoms with Gasteiger partial charge in [0.05, 0.1) is 6.61 Å². The van der Waals surface area contributed by atoms with Crippen LogP contribution in [0.3, 0.4) is 0 Å². The Balaban J connectivity index is 2.40. The maximum Gasteiger partial charge on any atom is 0.412 e. The third-order valence-electron chi connectivity index (χ3n) is 2.04. The van der Waals surface area contributed by atoms with Crippen molar-refractivity contribution in [2.45, 2.75) is 6.92 Å². The number of carbonyl (C=O) groups excluding carboxylic acids is 1. The number of ether oxygens (including phenoxy) is 1. The van der Waals surface area contributed by atoms with Gasteiger partial charge in [-0.25, -0.2) is 4.79 Å². The first-order valence-electron chi connectivity index (χ1n) is 5.78. The van der Waals surface area contributed by atoms with Gasteiger partial charge in [0, 0.05) is 13.1 Å². The number of nitrogens with zero attached hydrogens (tertiary/aromatic N) is 3. The summed E-state index contributed by atoms with van der Waals surface area (Å²) in [4.78, 5) is 13.2. The van der Waals surface area contributed by atoms with Gasteiger partial charge in [0.15, 0.2) is 5.82 Å². The molecule has 1 heterocycles. The quantitative estimate of drug-likeness (QED) is 0.788. The van der Waals surface area contributed by atoms with Crippen molar-refractivity contribution in [3.8, 4) is 0 Å². The number of rotatable bonds is 6. The van der Waals surface area contributed by atoms with Crippen LogP contribution in [0.5, 0.6) is 0 Å². The average molecular weight is 253 g/mol. The summed E-state index contributed by atoms with van der Waals surface area (Å²) in [5.74, 6) is 1.04. The molecule has 0 bridgehead atoms. The Kier molecular flexibility index (Phi) is 5.86. The Bertz CT molecular complexity index is 366. The van der Waals surface area contributed by atoms with Gasteiger partial charge in [0.1, 0.15) is 5.82 Å². The highest BCUT2D eigenvalue weighted by atomic mass is 16.5. The number of carbonyl (C=O) groups is 1. The predicted molar refractivity (Wildman–Crippen MR) is 69.7 cm³/mol. The summed E-state index contributed by atoms with van der Waals surface area (Å²) in [7, 11) is 4.00. The highest BCUT2D eigenvalue weighted by molar-refractivity contribution is 5.83. The van der Waals surface area contributed by atoms with Crippen molar-refractivity contribution in [3.05, 3.63) is 12.1 Å². The van der Waals surface area contributed by atoms with Gasteiger partial charge in [0.2, 0.25) is 0 Å². The number of likely N-dealkylation sites (N-methyl/N-ethyl adjacent to an activating group) is 1. The van der Waals surface area contributed by atoms with Gasteiger partial charge in [-0.3, -0.25) is 5.32 Å². The molecular weight excluding hydrogens is 234 g/mol. The Morgan fingerprint density at radius 3 is 2.56 bits per heavy atom. The molecule has 100 valence electrons. The zero-order valence-corrected chi connectivity index (χ0v) is 10.9. The normalized spacial score (nSPS) is 10.2. The highest BCUT2D eigenvalue weighted by Crippen LogP contribution is 2.05. The second kappa shape index (κ2) is 7.44. The van der Waals surface area contributed by atoms with Crippen molar-refractivity contribution in [3.63, 3.8) is 0 Å². The van der Waals surface area contributed by atoms with E-state index < -0.39 is 6.09 Å². The van der Waals surface area contributed by atoms with Gasteiger partial charge >= 0.3 is 6.09 Å². The van der Waals surface area contributed by atoms with Crippen LogP contribution in [-0.2, 0) is 4.74 Å². The number of nitrogens with one attached hydrogen (secondary N) is 2. The number of hydrogen-bond donors (Lipinski definition) is 2. The molecule has 18 heavy (non-hydrogen) atoms. The summed E-state index contributed by atoms with van der Waals surface area (Å²) in [5, 5.41) is 13.4. The van der Waals surface area contributed by atoms with Gasteiger partial charge in [-0.15, -0.1) is 10.2 Å². The van der Waals surface area contributed by atoms with Crippen LogP contribution in [0.15, 0.2) is 12.1 Å². The monoisotopic (exact) mass is 253 g/mol. The van der Waals surface area contributed by atoms with E-state index in [1.807, 2.05) is 14.1 Å². The predicted octanol–water partition coefficient (Wildman–Crippen LogP) is 1.02. The molecule has 1 aromatic heterocycles. The van der Waals surface area contributed by atoms with E-state index in [1.54, 1.807) is 19.1 Å². The lowest BCUT2D eigenvalue weighted by Gasteiger charge is -2.10. The molecule has 0 aromatic carbocycles. The zero-order chi connectivity index (χ0) is 13.4. The van der Waals surface area contributed by atoms with Crippen molar-refractivity contribution in [1.82, 2.24) is 15.1 Å². The maximum atomic E-state index is 11.1. The van der Waals surface area contributed by atoms with Crippen LogP contribution in [0.25, 0.3) is 0 Å². The fraction of sp³-hybridized carbons (Fsp3) is 0.545. The van der Waals surface area contributed by atoms with Crippen LogP contribution in [-0.4, -0.2) is 55.0 Å². The lowest BCUT2D eigenvalue weighted by molar-refractivity contribution is 0.168. The van der Waals surface area contributed by atoms with E-state index in [0.29, 0.717) is 18.2 Å². The van der Waals surface area contributed by atoms with Crippen LogP contribution in [0.4, 0.5) is 16.4 Å². The molecule has 0 spiro atoms. The van der Waals surface area contributed by atoms with Crippen molar-refractivity contribution < 1.29 is 9.53 Å². The van der Waals surface area contributed by atoms with Crippen molar-refractivity contribution in [2.75, 3.05) is 44.4 Å². The van der Waals surface area contributed by atoms with E-state index in [-0.39, 0.29) is 0 Å². The third-order valence-corrected chi connectivity index (χ3v) is 2.04. The molecular formula is C11H19N5O2. The molecule has 0 saturated carbocycles. The van der Waals surface area contributed by atoms with E-state index in [0.717, 1.165) is 13.1 Å². The van der Waals surface area contributed by atoms with Crippen LogP contribution in [0.1, 0.15) is 6.92 Å². The summed E-state index contributed by atoms with van der Waals surface area (Å²) in [6.45, 7) is 3.75. The van der Waals surface area contributed by atoms with Gasteiger partial charge in [-0.1, -0.05) is 0 Å². The van der Waals surface area contributed by atoms with Crippen LogP contribution in [0.2, 0.25) is 0 Å². The molecule has 2 N–H and O–H groups in total. The molecule has 0 unspecified atom stereocenters. The second-order valence-electron chi connectivity index (χ2n) is 3.88. The Hall–Kier alpha value is -1.89. The average Bonchev–Trinajstić information content (AvgIpc) is 2.31. The molecule has 0 aliphatic carbocycles. The van der Waals surface area contributed by atoms with Crippen LogP contribution < -0.4 is 10.6 Å². The Labute approximate surface area is 107 Å². The first-order chi connectivity index (χ1) is 8.61. The minimum absolute atomic E-state index is 0.323. The minimum atomic E-state index is -0.528. The first kappa shape index (κ1) is 14.2. The summed E-state index contributed by atoms with van der Waals surface area (Å²) in [6, 6.07) is 3.42.